The van der Waals surface area contributed by atoms with Gasteiger partial charge in [-0.3, -0.25) is 19.4 Å². The molecule has 168 valence electrons. The Bertz CT molecular complexity index is 1220. The number of anilines is 1. The van der Waals surface area contributed by atoms with Crippen molar-refractivity contribution in [1.29, 1.82) is 0 Å². The summed E-state index contributed by atoms with van der Waals surface area (Å²) in [6, 6.07) is 15.4. The minimum atomic E-state index is -0.245. The molecule has 3 aromatic rings. The Morgan fingerprint density at radius 3 is 2.52 bits per heavy atom. The fourth-order valence-corrected chi connectivity index (χ4v) is 5.46. The van der Waals surface area contributed by atoms with Crippen molar-refractivity contribution >= 4 is 28.8 Å². The summed E-state index contributed by atoms with van der Waals surface area (Å²) in [6.45, 7) is 4.85. The molecule has 3 aliphatic rings. The first-order valence-electron chi connectivity index (χ1n) is 11.0. The number of rotatable bonds is 5. The summed E-state index contributed by atoms with van der Waals surface area (Å²) in [7, 11) is 0. The summed E-state index contributed by atoms with van der Waals surface area (Å²) in [5.74, 6) is 0.849. The van der Waals surface area contributed by atoms with Gasteiger partial charge in [0.1, 0.15) is 0 Å². The molecule has 1 saturated heterocycles. The number of nitrogens with zero attached hydrogens (tertiary/aromatic N) is 3. The molecular formula is C25H23N3O4S. The molecule has 2 aromatic carbocycles. The van der Waals surface area contributed by atoms with Crippen LogP contribution in [0, 0.1) is 0 Å². The number of imide groups is 1. The summed E-state index contributed by atoms with van der Waals surface area (Å²) in [6.07, 6.45) is 0. The number of benzene rings is 2. The molecule has 1 fully saturated rings. The first kappa shape index (κ1) is 20.3. The molecule has 0 aliphatic carbocycles. The third-order valence-electron chi connectivity index (χ3n) is 6.43. The van der Waals surface area contributed by atoms with Crippen LogP contribution < -0.4 is 14.4 Å². The van der Waals surface area contributed by atoms with E-state index in [0.717, 1.165) is 44.0 Å². The summed E-state index contributed by atoms with van der Waals surface area (Å²) in [5, 5.41) is 2.11. The molecule has 4 heterocycles. The molecule has 7 nitrogen and oxygen atoms in total. The minimum Gasteiger partial charge on any atom is -0.454 e. The van der Waals surface area contributed by atoms with E-state index in [0.29, 0.717) is 22.6 Å². The first-order valence-corrected chi connectivity index (χ1v) is 11.9. The Hall–Kier alpha value is -3.36. The SMILES string of the molecule is O=C1c2cccc(N3CCN(Cc4cccs4)CC3)c2C(=O)N1Cc1ccc2c(c1)OCO2. The number of carbonyl (C=O) groups excluding carboxylic acids is 2. The Morgan fingerprint density at radius 2 is 1.70 bits per heavy atom. The topological polar surface area (TPSA) is 62.3 Å². The maximum atomic E-state index is 13.4. The summed E-state index contributed by atoms with van der Waals surface area (Å²) < 4.78 is 10.8. The van der Waals surface area contributed by atoms with E-state index >= 15 is 0 Å². The molecule has 0 N–H and O–H groups in total. The van der Waals surface area contributed by atoms with Crippen molar-refractivity contribution < 1.29 is 19.1 Å². The second-order valence-corrected chi connectivity index (χ2v) is 9.46. The lowest BCUT2D eigenvalue weighted by molar-refractivity contribution is 0.0642. The van der Waals surface area contributed by atoms with E-state index in [2.05, 4.69) is 27.3 Å². The maximum absolute atomic E-state index is 13.4. The molecule has 2 amide bonds. The van der Waals surface area contributed by atoms with Gasteiger partial charge in [-0.15, -0.1) is 11.3 Å². The van der Waals surface area contributed by atoms with E-state index < -0.39 is 0 Å². The van der Waals surface area contributed by atoms with Crippen molar-refractivity contribution in [1.82, 2.24) is 9.80 Å². The second-order valence-electron chi connectivity index (χ2n) is 8.43. The van der Waals surface area contributed by atoms with Crippen LogP contribution in [-0.4, -0.2) is 54.6 Å². The van der Waals surface area contributed by atoms with Crippen molar-refractivity contribution in [3.63, 3.8) is 0 Å². The van der Waals surface area contributed by atoms with E-state index in [9.17, 15) is 9.59 Å². The molecule has 1 aromatic heterocycles. The Morgan fingerprint density at radius 1 is 0.848 bits per heavy atom. The van der Waals surface area contributed by atoms with E-state index in [-0.39, 0.29) is 25.2 Å². The highest BCUT2D eigenvalue weighted by Crippen LogP contribution is 2.36. The van der Waals surface area contributed by atoms with Gasteiger partial charge in [0.2, 0.25) is 6.79 Å². The third-order valence-corrected chi connectivity index (χ3v) is 7.29. The molecule has 6 rings (SSSR count). The largest absolute Gasteiger partial charge is 0.454 e. The van der Waals surface area contributed by atoms with Gasteiger partial charge in [-0.1, -0.05) is 18.2 Å². The molecule has 0 bridgehead atoms. The smallest absolute Gasteiger partial charge is 0.263 e. The van der Waals surface area contributed by atoms with Gasteiger partial charge in [-0.05, 0) is 41.3 Å². The first-order chi connectivity index (χ1) is 16.2. The van der Waals surface area contributed by atoms with Gasteiger partial charge in [-0.2, -0.15) is 0 Å². The van der Waals surface area contributed by atoms with Crippen LogP contribution in [0.1, 0.15) is 31.2 Å². The number of ether oxygens (including phenoxy) is 2. The van der Waals surface area contributed by atoms with Crippen molar-refractivity contribution in [3.05, 3.63) is 75.5 Å². The second kappa shape index (κ2) is 8.20. The van der Waals surface area contributed by atoms with Crippen LogP contribution in [0.5, 0.6) is 11.5 Å². The highest BCUT2D eigenvalue weighted by Gasteiger charge is 2.39. The standard InChI is InChI=1S/C25H23N3O4S/c29-24-19-4-1-5-20(27-10-8-26(9-11-27)15-18-3-2-12-33-18)23(19)25(30)28(24)14-17-6-7-21-22(13-17)32-16-31-21/h1-7,12-13H,8-11,14-16H2. The molecule has 0 atom stereocenters. The Balaban J connectivity index is 1.20. The predicted molar refractivity (Wildman–Crippen MR) is 125 cm³/mol. The molecule has 3 aliphatic heterocycles. The summed E-state index contributed by atoms with van der Waals surface area (Å²) in [4.78, 5) is 33.9. The number of hydrogen-bond acceptors (Lipinski definition) is 7. The fraction of sp³-hybridized carbons (Fsp3) is 0.280. The Kier molecular flexibility index (Phi) is 5.04. The van der Waals surface area contributed by atoms with Crippen LogP contribution in [0.15, 0.2) is 53.9 Å². The van der Waals surface area contributed by atoms with Gasteiger partial charge < -0.3 is 14.4 Å². The highest BCUT2D eigenvalue weighted by atomic mass is 32.1. The zero-order valence-corrected chi connectivity index (χ0v) is 18.8. The number of hydrogen-bond donors (Lipinski definition) is 0. The molecule has 0 saturated carbocycles. The maximum Gasteiger partial charge on any atom is 0.263 e. The summed E-state index contributed by atoms with van der Waals surface area (Å²) in [5.41, 5.74) is 2.70. The zero-order chi connectivity index (χ0) is 22.4. The minimum absolute atomic E-state index is 0.190. The zero-order valence-electron chi connectivity index (χ0n) is 18.0. The van der Waals surface area contributed by atoms with Crippen LogP contribution in [0.25, 0.3) is 0 Å². The van der Waals surface area contributed by atoms with Crippen molar-refractivity contribution in [2.75, 3.05) is 37.9 Å². The predicted octanol–water partition coefficient (Wildman–Crippen LogP) is 3.60. The monoisotopic (exact) mass is 461 g/mol. The number of piperazine rings is 1. The molecule has 0 radical (unpaired) electrons. The molecule has 33 heavy (non-hydrogen) atoms. The van der Waals surface area contributed by atoms with Crippen molar-refractivity contribution in [2.45, 2.75) is 13.1 Å². The van der Waals surface area contributed by atoms with E-state index in [1.54, 1.807) is 17.4 Å². The highest BCUT2D eigenvalue weighted by molar-refractivity contribution is 7.09. The molecular weight excluding hydrogens is 438 g/mol. The van der Waals surface area contributed by atoms with E-state index in [4.69, 9.17) is 9.47 Å². The number of carbonyl (C=O) groups is 2. The van der Waals surface area contributed by atoms with Crippen molar-refractivity contribution in [2.24, 2.45) is 0 Å². The van der Waals surface area contributed by atoms with Crippen LogP contribution in [-0.2, 0) is 13.1 Å². The van der Waals surface area contributed by atoms with Crippen LogP contribution in [0.4, 0.5) is 5.69 Å². The normalized spacial score (nSPS) is 17.7. The Labute approximate surface area is 195 Å². The summed E-state index contributed by atoms with van der Waals surface area (Å²) >= 11 is 1.78. The van der Waals surface area contributed by atoms with Crippen LogP contribution in [0.3, 0.4) is 0 Å². The molecule has 0 unspecified atom stereocenters. The van der Waals surface area contributed by atoms with E-state index in [1.165, 1.54) is 9.78 Å². The fourth-order valence-electron chi connectivity index (χ4n) is 4.71. The van der Waals surface area contributed by atoms with E-state index in [1.807, 2.05) is 30.3 Å². The quantitative estimate of drug-likeness (QED) is 0.541. The lowest BCUT2D eigenvalue weighted by atomic mass is 10.1. The van der Waals surface area contributed by atoms with Crippen molar-refractivity contribution in [3.8, 4) is 11.5 Å². The number of thiophene rings is 1. The third kappa shape index (κ3) is 3.65. The number of fused-ring (bicyclic) bond motifs is 2. The molecule has 0 spiro atoms. The lowest BCUT2D eigenvalue weighted by Gasteiger charge is -2.36. The van der Waals surface area contributed by atoms with Gasteiger partial charge >= 0.3 is 0 Å². The number of amides is 2. The lowest BCUT2D eigenvalue weighted by Crippen LogP contribution is -2.46. The van der Waals surface area contributed by atoms with Gasteiger partial charge in [0.15, 0.2) is 11.5 Å². The van der Waals surface area contributed by atoms with Crippen LogP contribution in [0.2, 0.25) is 0 Å². The van der Waals surface area contributed by atoms with Gasteiger partial charge in [0, 0.05) is 37.6 Å². The van der Waals surface area contributed by atoms with Gasteiger partial charge in [0.25, 0.3) is 11.8 Å². The average molecular weight is 462 g/mol. The average Bonchev–Trinajstić information content (AvgIpc) is 3.57. The van der Waals surface area contributed by atoms with Crippen LogP contribution >= 0.6 is 11.3 Å². The van der Waals surface area contributed by atoms with Gasteiger partial charge in [0.05, 0.1) is 23.4 Å². The molecule has 8 heteroatoms. The van der Waals surface area contributed by atoms with Gasteiger partial charge in [-0.25, -0.2) is 0 Å².